The van der Waals surface area contributed by atoms with Crippen LogP contribution in [0.4, 0.5) is 10.5 Å². The van der Waals surface area contributed by atoms with E-state index in [0.717, 1.165) is 24.2 Å². The second-order valence-electron chi connectivity index (χ2n) is 8.00. The highest BCUT2D eigenvalue weighted by Crippen LogP contribution is 2.38. The van der Waals surface area contributed by atoms with Gasteiger partial charge in [-0.05, 0) is 43.0 Å². The highest BCUT2D eigenvalue weighted by atomic mass is 16.5. The molecule has 0 radical (unpaired) electrons. The molecule has 166 valence electrons. The Hall–Kier alpha value is -3.23. The maximum absolute atomic E-state index is 12.9. The van der Waals surface area contributed by atoms with E-state index in [1.807, 2.05) is 6.92 Å². The molecule has 1 aromatic rings. The lowest BCUT2D eigenvalue weighted by atomic mass is 9.73. The maximum atomic E-state index is 12.9. The molecule has 1 aliphatic carbocycles. The van der Waals surface area contributed by atoms with E-state index in [2.05, 4.69) is 10.6 Å². The zero-order chi connectivity index (χ0) is 22.6. The first-order valence-corrected chi connectivity index (χ1v) is 10.5. The van der Waals surface area contributed by atoms with Gasteiger partial charge in [-0.25, -0.2) is 4.79 Å². The van der Waals surface area contributed by atoms with Crippen molar-refractivity contribution >= 4 is 35.3 Å². The fourth-order valence-electron chi connectivity index (χ4n) is 4.03. The molecule has 1 heterocycles. The number of benzene rings is 1. The molecule has 1 saturated heterocycles. The van der Waals surface area contributed by atoms with Crippen molar-refractivity contribution in [3.63, 3.8) is 0 Å². The molecular formula is C22H27N3O6. The van der Waals surface area contributed by atoms with Gasteiger partial charge in [0.25, 0.3) is 5.91 Å². The van der Waals surface area contributed by atoms with Gasteiger partial charge in [-0.2, -0.15) is 0 Å². The topological polar surface area (TPSA) is 122 Å². The van der Waals surface area contributed by atoms with Crippen molar-refractivity contribution in [2.45, 2.75) is 51.5 Å². The molecule has 2 unspecified atom stereocenters. The number of hydrogen-bond acceptors (Lipinski definition) is 6. The molecule has 2 aliphatic rings. The smallest absolute Gasteiger partial charge is 0.326 e. The lowest BCUT2D eigenvalue weighted by molar-refractivity contribution is -0.147. The SMILES string of the molecule is CCC(=O)Nc1ccc(C(=O)COC(=O)CN2C(=O)NC3(CCCCC3C)C2=O)cc1. The van der Waals surface area contributed by atoms with E-state index in [-0.39, 0.29) is 11.8 Å². The van der Waals surface area contributed by atoms with Crippen LogP contribution in [0.15, 0.2) is 24.3 Å². The Morgan fingerprint density at radius 2 is 1.90 bits per heavy atom. The second kappa shape index (κ2) is 9.28. The van der Waals surface area contributed by atoms with Crippen molar-refractivity contribution in [2.75, 3.05) is 18.5 Å². The van der Waals surface area contributed by atoms with Gasteiger partial charge in [0.15, 0.2) is 12.4 Å². The first kappa shape index (κ1) is 22.5. The molecule has 0 aromatic heterocycles. The largest absolute Gasteiger partial charge is 0.456 e. The van der Waals surface area contributed by atoms with Gasteiger partial charge >= 0.3 is 12.0 Å². The van der Waals surface area contributed by atoms with Crippen LogP contribution in [-0.4, -0.2) is 53.2 Å². The van der Waals surface area contributed by atoms with Crippen molar-refractivity contribution in [2.24, 2.45) is 5.92 Å². The number of rotatable bonds is 7. The summed E-state index contributed by atoms with van der Waals surface area (Å²) in [6.45, 7) is 2.62. The summed E-state index contributed by atoms with van der Waals surface area (Å²) < 4.78 is 5.00. The molecule has 2 N–H and O–H groups in total. The summed E-state index contributed by atoms with van der Waals surface area (Å²) >= 11 is 0. The number of nitrogens with one attached hydrogen (secondary N) is 2. The van der Waals surface area contributed by atoms with Crippen molar-refractivity contribution in [3.05, 3.63) is 29.8 Å². The molecule has 1 spiro atoms. The fourth-order valence-corrected chi connectivity index (χ4v) is 4.03. The van der Waals surface area contributed by atoms with E-state index >= 15 is 0 Å². The van der Waals surface area contributed by atoms with Crippen LogP contribution in [0.25, 0.3) is 0 Å². The molecule has 1 aromatic carbocycles. The third-order valence-electron chi connectivity index (χ3n) is 5.96. The molecule has 3 rings (SSSR count). The van der Waals surface area contributed by atoms with Crippen molar-refractivity contribution in [1.82, 2.24) is 10.2 Å². The molecule has 9 heteroatoms. The fraction of sp³-hybridized carbons (Fsp3) is 0.500. The highest BCUT2D eigenvalue weighted by molar-refractivity contribution is 6.09. The summed E-state index contributed by atoms with van der Waals surface area (Å²) in [6, 6.07) is 5.60. The number of anilines is 1. The summed E-state index contributed by atoms with van der Waals surface area (Å²) in [7, 11) is 0. The summed E-state index contributed by atoms with van der Waals surface area (Å²) in [5, 5.41) is 5.44. The average molecular weight is 429 g/mol. The van der Waals surface area contributed by atoms with Gasteiger partial charge in [0.2, 0.25) is 5.91 Å². The van der Waals surface area contributed by atoms with Crippen LogP contribution < -0.4 is 10.6 Å². The second-order valence-corrected chi connectivity index (χ2v) is 8.00. The Morgan fingerprint density at radius 1 is 1.19 bits per heavy atom. The Morgan fingerprint density at radius 3 is 2.55 bits per heavy atom. The maximum Gasteiger partial charge on any atom is 0.326 e. The number of carbonyl (C=O) groups is 5. The number of amides is 4. The quantitative estimate of drug-likeness (QED) is 0.390. The Bertz CT molecular complexity index is 897. The van der Waals surface area contributed by atoms with Crippen molar-refractivity contribution in [1.29, 1.82) is 0 Å². The van der Waals surface area contributed by atoms with Gasteiger partial charge in [0, 0.05) is 17.7 Å². The minimum atomic E-state index is -0.944. The summed E-state index contributed by atoms with van der Waals surface area (Å²) in [5.74, 6) is -1.82. The highest BCUT2D eigenvalue weighted by Gasteiger charge is 2.55. The van der Waals surface area contributed by atoms with Gasteiger partial charge in [0.05, 0.1) is 0 Å². The van der Waals surface area contributed by atoms with Crippen LogP contribution in [0.2, 0.25) is 0 Å². The van der Waals surface area contributed by atoms with Gasteiger partial charge in [-0.1, -0.05) is 26.7 Å². The molecule has 2 atom stereocenters. The van der Waals surface area contributed by atoms with Crippen LogP contribution in [0, 0.1) is 5.92 Å². The van der Waals surface area contributed by atoms with E-state index in [9.17, 15) is 24.0 Å². The average Bonchev–Trinajstić information content (AvgIpc) is 2.99. The number of ketones is 1. The molecule has 9 nitrogen and oxygen atoms in total. The third-order valence-corrected chi connectivity index (χ3v) is 5.96. The van der Waals surface area contributed by atoms with Gasteiger partial charge in [-0.3, -0.25) is 24.1 Å². The normalized spacial score (nSPS) is 22.9. The monoisotopic (exact) mass is 429 g/mol. The van der Waals surface area contributed by atoms with Gasteiger partial charge in [0.1, 0.15) is 12.1 Å². The number of ether oxygens (including phenoxy) is 1. The first-order valence-electron chi connectivity index (χ1n) is 10.5. The molecule has 1 saturated carbocycles. The molecule has 1 aliphatic heterocycles. The predicted octanol–water partition coefficient (Wildman–Crippen LogP) is 2.26. The van der Waals surface area contributed by atoms with Crippen LogP contribution in [0.1, 0.15) is 56.3 Å². The number of esters is 1. The molecular weight excluding hydrogens is 402 g/mol. The van der Waals surface area contributed by atoms with Gasteiger partial charge < -0.3 is 15.4 Å². The van der Waals surface area contributed by atoms with Crippen LogP contribution in [0.3, 0.4) is 0 Å². The predicted molar refractivity (Wildman–Crippen MR) is 111 cm³/mol. The van der Waals surface area contributed by atoms with E-state index in [1.54, 1.807) is 19.1 Å². The number of nitrogens with zero attached hydrogens (tertiary/aromatic N) is 1. The van der Waals surface area contributed by atoms with E-state index in [4.69, 9.17) is 4.74 Å². The minimum Gasteiger partial charge on any atom is -0.456 e. The summed E-state index contributed by atoms with van der Waals surface area (Å²) in [5.41, 5.74) is -0.0718. The lowest BCUT2D eigenvalue weighted by Crippen LogP contribution is -2.54. The van der Waals surface area contributed by atoms with E-state index < -0.39 is 42.4 Å². The van der Waals surface area contributed by atoms with Crippen LogP contribution >= 0.6 is 0 Å². The van der Waals surface area contributed by atoms with Gasteiger partial charge in [-0.15, -0.1) is 0 Å². The van der Waals surface area contributed by atoms with Crippen LogP contribution in [-0.2, 0) is 19.1 Å². The zero-order valence-corrected chi connectivity index (χ0v) is 17.7. The number of hydrogen-bond donors (Lipinski definition) is 2. The minimum absolute atomic E-state index is 0.00891. The number of urea groups is 1. The Kier molecular flexibility index (Phi) is 6.72. The standard InChI is InChI=1S/C22H27N3O6/c1-3-18(27)23-16-9-7-15(8-10-16)17(26)13-31-19(28)12-25-20(29)22(24-21(25)30)11-5-4-6-14(22)2/h7-10,14H,3-6,11-13H2,1-2H3,(H,23,27)(H,24,30). The molecule has 4 amide bonds. The van der Waals surface area contributed by atoms with E-state index in [1.165, 1.54) is 12.1 Å². The molecule has 31 heavy (non-hydrogen) atoms. The summed E-state index contributed by atoms with van der Waals surface area (Å²) in [6.07, 6.45) is 3.57. The Balaban J connectivity index is 1.53. The van der Waals surface area contributed by atoms with E-state index in [0.29, 0.717) is 24.1 Å². The first-order chi connectivity index (χ1) is 14.8. The number of imide groups is 1. The van der Waals surface area contributed by atoms with Crippen molar-refractivity contribution in [3.8, 4) is 0 Å². The molecule has 0 bridgehead atoms. The Labute approximate surface area is 180 Å². The zero-order valence-electron chi connectivity index (χ0n) is 17.7. The lowest BCUT2D eigenvalue weighted by Gasteiger charge is -2.36. The van der Waals surface area contributed by atoms with Crippen LogP contribution in [0.5, 0.6) is 0 Å². The number of Topliss-reactive ketones (excluding diaryl/α,β-unsaturated/α-hetero) is 1. The van der Waals surface area contributed by atoms with Crippen molar-refractivity contribution < 1.29 is 28.7 Å². The summed E-state index contributed by atoms with van der Waals surface area (Å²) in [4.78, 5) is 61.9. The molecule has 2 fully saturated rings. The number of carbonyl (C=O) groups excluding carboxylic acids is 5. The third kappa shape index (κ3) is 4.76.